The Balaban J connectivity index is 0.000000337. The van der Waals surface area contributed by atoms with Gasteiger partial charge in [-0.1, -0.05) is 144 Å². The third kappa shape index (κ3) is 16.3. The molecule has 3 heterocycles. The lowest BCUT2D eigenvalue weighted by atomic mass is 9.87. The zero-order chi connectivity index (χ0) is 47.8. The second-order valence-corrected chi connectivity index (χ2v) is 25.1. The van der Waals surface area contributed by atoms with Gasteiger partial charge in [-0.3, -0.25) is 0 Å². The zero-order valence-corrected chi connectivity index (χ0v) is 45.9. The standard InChI is InChI=1S/C32H44S.C28H38S2/c1-21-23(3)28(18-20-32(10,11)12)24(4)22(2)27(21)16-17-30-26(6)25(5)29(33-30)15-13-14-19-31(7,8)9;1-19-20(2)24(29-23(19)13-11-12-17-27(5,6)7)14-15-25-21(3)22(4)26(30-25)16-18-28(8,9)10/h13-20H,1-12H3;11-18H,1-10H3/b15-13+,17-16+,19-14+,20-18+;13-11+,15-14+,17-12+,18-16+. The van der Waals surface area contributed by atoms with Crippen LogP contribution >= 0.6 is 34.0 Å². The SMILES string of the molecule is Cc1c(/C=C/C=C/C(C)(C)C)sc(/C=C/c2c(C)c(C)c(/C=C/C(C)(C)C)c(C)c2C)c1C.Cc1c(/C=C/C=C/C(C)(C)C)sc(/C=C/c2sc(/C=C/C(C)(C)C)c(C)c2C)c1C. The topological polar surface area (TPSA) is 0 Å². The summed E-state index contributed by atoms with van der Waals surface area (Å²) < 4.78 is 0. The molecule has 0 atom stereocenters. The molecule has 3 heteroatoms. The number of hydrogen-bond donors (Lipinski definition) is 0. The number of rotatable bonds is 10. The number of thiophene rings is 3. The summed E-state index contributed by atoms with van der Waals surface area (Å²) in [5.41, 5.74) is 17.4. The van der Waals surface area contributed by atoms with E-state index in [4.69, 9.17) is 0 Å². The van der Waals surface area contributed by atoms with Crippen molar-refractivity contribution in [3.05, 3.63) is 145 Å². The van der Waals surface area contributed by atoms with Crippen molar-refractivity contribution in [2.24, 2.45) is 21.7 Å². The second kappa shape index (κ2) is 21.9. The maximum atomic E-state index is 2.33. The Morgan fingerprint density at radius 1 is 0.238 bits per heavy atom. The van der Waals surface area contributed by atoms with Crippen LogP contribution in [-0.4, -0.2) is 0 Å². The van der Waals surface area contributed by atoms with Crippen molar-refractivity contribution < 1.29 is 0 Å². The van der Waals surface area contributed by atoms with Gasteiger partial charge in [-0.2, -0.15) is 0 Å². The smallest absolute Gasteiger partial charge is 0.0309 e. The highest BCUT2D eigenvalue weighted by Gasteiger charge is 2.15. The van der Waals surface area contributed by atoms with Gasteiger partial charge in [-0.25, -0.2) is 0 Å². The molecule has 0 radical (unpaired) electrons. The Kier molecular flexibility index (Phi) is 18.7. The number of allylic oxidation sites excluding steroid dienone is 8. The van der Waals surface area contributed by atoms with Crippen LogP contribution < -0.4 is 0 Å². The van der Waals surface area contributed by atoms with Crippen molar-refractivity contribution in [3.63, 3.8) is 0 Å². The van der Waals surface area contributed by atoms with Crippen LogP contribution in [0.5, 0.6) is 0 Å². The summed E-state index contributed by atoms with van der Waals surface area (Å²) in [4.78, 5) is 8.11. The molecule has 0 unspecified atom stereocenters. The number of hydrogen-bond acceptors (Lipinski definition) is 3. The molecular formula is C60H82S3. The minimum absolute atomic E-state index is 0.183. The number of benzene rings is 1. The monoisotopic (exact) mass is 899 g/mol. The molecule has 0 nitrogen and oxygen atoms in total. The lowest BCUT2D eigenvalue weighted by Crippen LogP contribution is -2.02. The van der Waals surface area contributed by atoms with E-state index in [1.807, 2.05) is 34.0 Å². The van der Waals surface area contributed by atoms with Crippen molar-refractivity contribution in [3.8, 4) is 0 Å². The molecule has 0 aliphatic carbocycles. The molecule has 340 valence electrons. The average Bonchev–Trinajstić information content (AvgIpc) is 3.71. The molecule has 63 heavy (non-hydrogen) atoms. The van der Waals surface area contributed by atoms with Gasteiger partial charge in [0.2, 0.25) is 0 Å². The molecule has 0 saturated carbocycles. The van der Waals surface area contributed by atoms with Crippen LogP contribution in [0, 0.1) is 90.9 Å². The van der Waals surface area contributed by atoms with Crippen LogP contribution in [0.3, 0.4) is 0 Å². The van der Waals surface area contributed by atoms with Crippen LogP contribution in [-0.2, 0) is 0 Å². The van der Waals surface area contributed by atoms with E-state index in [-0.39, 0.29) is 21.7 Å². The summed E-state index contributed by atoms with van der Waals surface area (Å²) in [6, 6.07) is 0. The zero-order valence-electron chi connectivity index (χ0n) is 43.5. The molecule has 0 aliphatic rings. The highest BCUT2D eigenvalue weighted by molar-refractivity contribution is 7.15. The third-order valence-electron chi connectivity index (χ3n) is 11.5. The molecule has 4 rings (SSSR count). The first-order valence-corrected chi connectivity index (χ1v) is 25.2. The normalized spacial score (nSPS) is 13.7. The van der Waals surface area contributed by atoms with Crippen LogP contribution in [0.4, 0.5) is 0 Å². The van der Waals surface area contributed by atoms with Gasteiger partial charge in [-0.05, 0) is 194 Å². The van der Waals surface area contributed by atoms with Gasteiger partial charge < -0.3 is 0 Å². The van der Waals surface area contributed by atoms with E-state index in [9.17, 15) is 0 Å². The summed E-state index contributed by atoms with van der Waals surface area (Å²) in [6.45, 7) is 49.3. The third-order valence-corrected chi connectivity index (χ3v) is 15.5. The molecule has 0 amide bonds. The highest BCUT2D eigenvalue weighted by atomic mass is 32.1. The lowest BCUT2D eigenvalue weighted by Gasteiger charge is -2.18. The van der Waals surface area contributed by atoms with Crippen molar-refractivity contribution >= 4 is 82.6 Å². The van der Waals surface area contributed by atoms with E-state index in [1.165, 1.54) is 96.0 Å². The molecule has 0 N–H and O–H groups in total. The summed E-state index contributed by atoms with van der Waals surface area (Å²) in [5, 5.41) is 0. The maximum absolute atomic E-state index is 2.33. The minimum Gasteiger partial charge on any atom is -0.136 e. The second-order valence-electron chi connectivity index (χ2n) is 21.8. The Morgan fingerprint density at radius 3 is 0.778 bits per heavy atom. The quantitative estimate of drug-likeness (QED) is 0.139. The van der Waals surface area contributed by atoms with Gasteiger partial charge in [0.15, 0.2) is 0 Å². The molecule has 0 spiro atoms. The Bertz CT molecular complexity index is 2420. The predicted octanol–water partition coefficient (Wildman–Crippen LogP) is 20.3. The largest absolute Gasteiger partial charge is 0.136 e. The van der Waals surface area contributed by atoms with E-state index in [0.717, 1.165) is 0 Å². The lowest BCUT2D eigenvalue weighted by molar-refractivity contribution is 0.544. The average molecular weight is 900 g/mol. The first-order valence-electron chi connectivity index (χ1n) is 22.8. The molecular weight excluding hydrogens is 817 g/mol. The predicted molar refractivity (Wildman–Crippen MR) is 297 cm³/mol. The van der Waals surface area contributed by atoms with E-state index in [0.29, 0.717) is 0 Å². The van der Waals surface area contributed by atoms with Gasteiger partial charge in [0.25, 0.3) is 0 Å². The van der Waals surface area contributed by atoms with E-state index in [2.05, 4.69) is 250 Å². The molecule has 0 saturated heterocycles. The van der Waals surface area contributed by atoms with Crippen LogP contribution in [0.1, 0.15) is 179 Å². The summed E-state index contributed by atoms with van der Waals surface area (Å²) in [5.74, 6) is 0. The Labute approximate surface area is 398 Å². The fraction of sp³-hybridized carbons (Fsp3) is 0.433. The van der Waals surface area contributed by atoms with Gasteiger partial charge in [-0.15, -0.1) is 34.0 Å². The first kappa shape index (κ1) is 53.6. The minimum atomic E-state index is 0.183. The molecule has 0 bridgehead atoms. The maximum Gasteiger partial charge on any atom is 0.0309 e. The molecule has 0 fully saturated rings. The van der Waals surface area contributed by atoms with Gasteiger partial charge in [0.05, 0.1) is 0 Å². The van der Waals surface area contributed by atoms with Gasteiger partial charge in [0, 0.05) is 29.3 Å². The van der Waals surface area contributed by atoms with Gasteiger partial charge >= 0.3 is 0 Å². The fourth-order valence-corrected chi connectivity index (χ4v) is 10.1. The van der Waals surface area contributed by atoms with Crippen LogP contribution in [0.2, 0.25) is 0 Å². The fourth-order valence-electron chi connectivity index (χ4n) is 6.69. The molecule has 3 aromatic heterocycles. The van der Waals surface area contributed by atoms with E-state index >= 15 is 0 Å². The summed E-state index contributed by atoms with van der Waals surface area (Å²) in [6.07, 6.45) is 36.1. The first-order chi connectivity index (χ1) is 28.9. The summed E-state index contributed by atoms with van der Waals surface area (Å²) in [7, 11) is 0. The Morgan fingerprint density at radius 2 is 0.476 bits per heavy atom. The molecule has 4 aromatic rings. The molecule has 0 aliphatic heterocycles. The van der Waals surface area contributed by atoms with Crippen molar-refractivity contribution in [2.45, 2.75) is 152 Å². The van der Waals surface area contributed by atoms with Crippen molar-refractivity contribution in [2.75, 3.05) is 0 Å². The van der Waals surface area contributed by atoms with E-state index < -0.39 is 0 Å². The van der Waals surface area contributed by atoms with E-state index in [1.54, 1.807) is 0 Å². The molecule has 1 aromatic carbocycles. The summed E-state index contributed by atoms with van der Waals surface area (Å²) >= 11 is 5.65. The highest BCUT2D eigenvalue weighted by Crippen LogP contribution is 2.36. The Hall–Kier alpha value is -3.76. The van der Waals surface area contributed by atoms with Gasteiger partial charge in [0.1, 0.15) is 0 Å². The van der Waals surface area contributed by atoms with Crippen LogP contribution in [0.25, 0.3) is 48.6 Å². The van der Waals surface area contributed by atoms with Crippen molar-refractivity contribution in [1.29, 1.82) is 0 Å². The van der Waals surface area contributed by atoms with Crippen molar-refractivity contribution in [1.82, 2.24) is 0 Å². The van der Waals surface area contributed by atoms with Crippen LogP contribution in [0.15, 0.2) is 48.6 Å².